The second-order valence-electron chi connectivity index (χ2n) is 9.51. The predicted molar refractivity (Wildman–Crippen MR) is 129 cm³/mol. The Morgan fingerprint density at radius 2 is 1.50 bits per heavy atom. The highest BCUT2D eigenvalue weighted by molar-refractivity contribution is 6.05. The third-order valence-corrected chi connectivity index (χ3v) is 6.24. The molecule has 3 N–H and O–H groups in total. The number of alkyl carbamates (subject to hydrolysis) is 1. The van der Waals surface area contributed by atoms with Crippen LogP contribution in [0.4, 0.5) is 4.79 Å². The summed E-state index contributed by atoms with van der Waals surface area (Å²) in [6.07, 6.45) is -1.72. The zero-order valence-corrected chi connectivity index (χ0v) is 20.1. The number of carbonyl (C=O) groups is 3. The predicted octanol–water partition coefficient (Wildman–Crippen LogP) is 3.42. The molecule has 1 aliphatic rings. The van der Waals surface area contributed by atoms with Crippen molar-refractivity contribution in [3.63, 3.8) is 0 Å². The van der Waals surface area contributed by atoms with Gasteiger partial charge < -0.3 is 20.5 Å². The minimum atomic E-state index is -1.03. The maximum absolute atomic E-state index is 13.1. The molecule has 34 heavy (non-hydrogen) atoms. The normalized spacial score (nSPS) is 19.9. The van der Waals surface area contributed by atoms with Crippen LogP contribution < -0.4 is 10.6 Å². The van der Waals surface area contributed by atoms with Gasteiger partial charge in [0.1, 0.15) is 18.4 Å². The smallest absolute Gasteiger partial charge is 0.408 e. The van der Waals surface area contributed by atoms with Crippen molar-refractivity contribution in [3.05, 3.63) is 71.8 Å². The van der Waals surface area contributed by atoms with Gasteiger partial charge in [-0.3, -0.25) is 9.59 Å². The summed E-state index contributed by atoms with van der Waals surface area (Å²) in [5.41, 5.74) is 1.71. The number of nitrogens with one attached hydrogen (secondary N) is 2. The Hall–Kier alpha value is -3.19. The molecule has 1 aliphatic carbocycles. The molecule has 0 saturated heterocycles. The first-order valence-corrected chi connectivity index (χ1v) is 11.7. The number of carbonyl (C=O) groups excluding carboxylic acids is 3. The second kappa shape index (κ2) is 11.3. The molecule has 0 bridgehead atoms. The van der Waals surface area contributed by atoms with E-state index in [9.17, 15) is 19.5 Å². The van der Waals surface area contributed by atoms with Gasteiger partial charge in [-0.25, -0.2) is 4.79 Å². The van der Waals surface area contributed by atoms with Gasteiger partial charge >= 0.3 is 6.09 Å². The molecule has 2 aromatic rings. The van der Waals surface area contributed by atoms with Crippen LogP contribution in [0.3, 0.4) is 0 Å². The van der Waals surface area contributed by atoms with Crippen molar-refractivity contribution in [2.45, 2.75) is 58.4 Å². The maximum Gasteiger partial charge on any atom is 0.408 e. The molecule has 0 spiro atoms. The minimum absolute atomic E-state index is 0.0263. The molecule has 0 heterocycles. The van der Waals surface area contributed by atoms with E-state index in [2.05, 4.69) is 10.6 Å². The van der Waals surface area contributed by atoms with Gasteiger partial charge in [0, 0.05) is 0 Å². The molecule has 1 fully saturated rings. The number of ketones is 1. The van der Waals surface area contributed by atoms with Crippen molar-refractivity contribution < 1.29 is 24.2 Å². The Balaban J connectivity index is 1.62. The van der Waals surface area contributed by atoms with Crippen molar-refractivity contribution in [1.82, 2.24) is 10.6 Å². The number of aliphatic hydroxyl groups excluding tert-OH is 1. The standard InChI is InChI=1S/C27H34N2O5/c1-16(2)22(25(31)21-20(24(21)30)19-13-9-6-10-14-19)28-26(32)23(17(3)4)29-27(33)34-15-18-11-7-5-8-12-18/h5-14,16-17,20-23,25,31H,15H2,1-4H3,(H,28,32)(H,29,33)/t20?,21?,22-,23-,25+/m0/s1. The van der Waals surface area contributed by atoms with Crippen LogP contribution in [0.5, 0.6) is 0 Å². The van der Waals surface area contributed by atoms with Gasteiger partial charge in [-0.05, 0) is 23.0 Å². The zero-order chi connectivity index (χ0) is 24.8. The summed E-state index contributed by atoms with van der Waals surface area (Å²) in [6, 6.07) is 17.1. The van der Waals surface area contributed by atoms with Crippen molar-refractivity contribution in [2.24, 2.45) is 17.8 Å². The summed E-state index contributed by atoms with van der Waals surface area (Å²) < 4.78 is 5.26. The highest BCUT2D eigenvalue weighted by Crippen LogP contribution is 2.46. The lowest BCUT2D eigenvalue weighted by Gasteiger charge is -2.30. The molecule has 7 heteroatoms. The second-order valence-corrected chi connectivity index (χ2v) is 9.51. The van der Waals surface area contributed by atoms with Gasteiger partial charge in [0.05, 0.1) is 24.0 Å². The first kappa shape index (κ1) is 25.4. The highest BCUT2D eigenvalue weighted by Gasteiger charge is 2.56. The van der Waals surface area contributed by atoms with Crippen LogP contribution in [0.1, 0.15) is 44.7 Å². The Bertz CT molecular complexity index is 977. The fraction of sp³-hybridized carbons (Fsp3) is 0.444. The summed E-state index contributed by atoms with van der Waals surface area (Å²) in [5.74, 6) is -1.70. The molecule has 3 rings (SSSR count). The van der Waals surface area contributed by atoms with Gasteiger partial charge in [0.15, 0.2) is 0 Å². The van der Waals surface area contributed by atoms with Gasteiger partial charge in [0.2, 0.25) is 5.91 Å². The third-order valence-electron chi connectivity index (χ3n) is 6.24. The molecule has 2 unspecified atom stereocenters. The van der Waals surface area contributed by atoms with Gasteiger partial charge in [-0.1, -0.05) is 88.4 Å². The summed E-state index contributed by atoms with van der Waals surface area (Å²) in [4.78, 5) is 38.0. The van der Waals surface area contributed by atoms with E-state index in [1.54, 1.807) is 0 Å². The first-order chi connectivity index (χ1) is 16.2. The molecule has 5 atom stereocenters. The van der Waals surface area contributed by atoms with E-state index in [1.807, 2.05) is 88.4 Å². The van der Waals surface area contributed by atoms with Crippen LogP contribution in [-0.4, -0.2) is 41.1 Å². The molecule has 0 radical (unpaired) electrons. The molecule has 1 saturated carbocycles. The number of ether oxygens (including phenoxy) is 1. The van der Waals surface area contributed by atoms with E-state index in [-0.39, 0.29) is 30.1 Å². The van der Waals surface area contributed by atoms with Crippen molar-refractivity contribution >= 4 is 17.8 Å². The highest BCUT2D eigenvalue weighted by atomic mass is 16.5. The quantitative estimate of drug-likeness (QED) is 0.498. The molecular formula is C27H34N2O5. The third kappa shape index (κ3) is 6.23. The molecule has 2 aromatic carbocycles. The average molecular weight is 467 g/mol. The van der Waals surface area contributed by atoms with Crippen LogP contribution in [0.25, 0.3) is 0 Å². The number of amides is 2. The molecular weight excluding hydrogens is 432 g/mol. The fourth-order valence-corrected chi connectivity index (χ4v) is 4.21. The van der Waals surface area contributed by atoms with Gasteiger partial charge in [0.25, 0.3) is 0 Å². The van der Waals surface area contributed by atoms with Crippen LogP contribution in [0, 0.1) is 17.8 Å². The summed E-state index contributed by atoms with van der Waals surface area (Å²) in [6.45, 7) is 7.49. The van der Waals surface area contributed by atoms with Crippen LogP contribution >= 0.6 is 0 Å². The average Bonchev–Trinajstić information content (AvgIpc) is 3.50. The Kier molecular flexibility index (Phi) is 8.45. The van der Waals surface area contributed by atoms with Gasteiger partial charge in [-0.15, -0.1) is 0 Å². The van der Waals surface area contributed by atoms with E-state index >= 15 is 0 Å². The lowest BCUT2D eigenvalue weighted by Crippen LogP contribution is -2.56. The van der Waals surface area contributed by atoms with E-state index in [1.165, 1.54) is 0 Å². The number of rotatable bonds is 10. The lowest BCUT2D eigenvalue weighted by atomic mass is 9.92. The number of benzene rings is 2. The van der Waals surface area contributed by atoms with Crippen LogP contribution in [0.15, 0.2) is 60.7 Å². The summed E-state index contributed by atoms with van der Waals surface area (Å²) in [7, 11) is 0. The molecule has 7 nitrogen and oxygen atoms in total. The van der Waals surface area contributed by atoms with Crippen molar-refractivity contribution in [2.75, 3.05) is 0 Å². The SMILES string of the molecule is CC(C)[C@H](NC(=O)OCc1ccccc1)C(=O)N[C@@H](C(C)C)[C@H](O)C1C(=O)C1c1ccccc1. The van der Waals surface area contributed by atoms with E-state index < -0.39 is 36.1 Å². The number of aliphatic hydroxyl groups is 1. The summed E-state index contributed by atoms with van der Waals surface area (Å²) >= 11 is 0. The Morgan fingerprint density at radius 3 is 2.06 bits per heavy atom. The van der Waals surface area contributed by atoms with Crippen molar-refractivity contribution in [1.29, 1.82) is 0 Å². The number of hydrogen-bond donors (Lipinski definition) is 3. The van der Waals surface area contributed by atoms with Crippen LogP contribution in [-0.2, 0) is 20.9 Å². The van der Waals surface area contributed by atoms with E-state index in [0.29, 0.717) is 0 Å². The van der Waals surface area contributed by atoms with E-state index in [0.717, 1.165) is 11.1 Å². The topological polar surface area (TPSA) is 105 Å². The van der Waals surface area contributed by atoms with Crippen molar-refractivity contribution in [3.8, 4) is 0 Å². The lowest BCUT2D eigenvalue weighted by molar-refractivity contribution is -0.126. The fourth-order valence-electron chi connectivity index (χ4n) is 4.21. The Labute approximate surface area is 200 Å². The molecule has 182 valence electrons. The zero-order valence-electron chi connectivity index (χ0n) is 20.1. The first-order valence-electron chi connectivity index (χ1n) is 11.7. The number of Topliss-reactive ketones (excluding diaryl/α,β-unsaturated/α-hetero) is 1. The maximum atomic E-state index is 13.1. The molecule has 0 aliphatic heterocycles. The van der Waals surface area contributed by atoms with Gasteiger partial charge in [-0.2, -0.15) is 0 Å². The number of hydrogen-bond acceptors (Lipinski definition) is 5. The minimum Gasteiger partial charge on any atom is -0.445 e. The van der Waals surface area contributed by atoms with Crippen LogP contribution in [0.2, 0.25) is 0 Å². The van der Waals surface area contributed by atoms with E-state index in [4.69, 9.17) is 4.74 Å². The largest absolute Gasteiger partial charge is 0.445 e. The Morgan fingerprint density at radius 1 is 0.912 bits per heavy atom. The monoisotopic (exact) mass is 466 g/mol. The summed E-state index contributed by atoms with van der Waals surface area (Å²) in [5, 5.41) is 16.6. The molecule has 2 amide bonds. The molecule has 0 aromatic heterocycles.